The molecular formula is C14H18INO. The zero-order chi connectivity index (χ0) is 12.6. The van der Waals surface area contributed by atoms with Crippen molar-refractivity contribution in [3.05, 3.63) is 34.9 Å². The van der Waals surface area contributed by atoms with Gasteiger partial charge in [-0.05, 0) is 55.4 Å². The lowest BCUT2D eigenvalue weighted by Gasteiger charge is -2.37. The Labute approximate surface area is 116 Å². The van der Waals surface area contributed by atoms with Crippen LogP contribution >= 0.6 is 22.6 Å². The van der Waals surface area contributed by atoms with E-state index in [9.17, 15) is 0 Å². The van der Waals surface area contributed by atoms with Crippen molar-refractivity contribution in [1.29, 1.82) is 0 Å². The fourth-order valence-electron chi connectivity index (χ4n) is 2.44. The van der Waals surface area contributed by atoms with E-state index in [0.29, 0.717) is 11.6 Å². The summed E-state index contributed by atoms with van der Waals surface area (Å²) in [5.41, 5.74) is 4.54. The van der Waals surface area contributed by atoms with Gasteiger partial charge in [0.1, 0.15) is 0 Å². The minimum atomic E-state index is 0.178. The van der Waals surface area contributed by atoms with Crippen molar-refractivity contribution in [2.24, 2.45) is 11.1 Å². The van der Waals surface area contributed by atoms with E-state index in [2.05, 4.69) is 59.8 Å². The Kier molecular flexibility index (Phi) is 3.48. The van der Waals surface area contributed by atoms with Crippen molar-refractivity contribution in [1.82, 2.24) is 0 Å². The van der Waals surface area contributed by atoms with Crippen LogP contribution in [0.15, 0.2) is 23.4 Å². The molecule has 92 valence electrons. The molecule has 0 heterocycles. The van der Waals surface area contributed by atoms with Gasteiger partial charge in [-0.3, -0.25) is 0 Å². The van der Waals surface area contributed by atoms with Gasteiger partial charge in [-0.1, -0.05) is 46.8 Å². The minimum Gasteiger partial charge on any atom is -0.411 e. The monoisotopic (exact) mass is 343 g/mol. The summed E-state index contributed by atoms with van der Waals surface area (Å²) >= 11 is 2.56. The average Bonchev–Trinajstić information content (AvgIpc) is 2.33. The third-order valence-corrected chi connectivity index (χ3v) is 5.62. The van der Waals surface area contributed by atoms with Gasteiger partial charge in [0, 0.05) is 3.42 Å². The number of halogens is 1. The Bertz CT molecular complexity index is 465. The third kappa shape index (κ3) is 2.21. The van der Waals surface area contributed by atoms with Gasteiger partial charge >= 0.3 is 0 Å². The first-order valence-corrected chi connectivity index (χ1v) is 7.06. The molecule has 2 unspecified atom stereocenters. The van der Waals surface area contributed by atoms with E-state index in [1.807, 2.05) is 6.92 Å². The molecule has 0 fully saturated rings. The van der Waals surface area contributed by atoms with Crippen LogP contribution in [-0.4, -0.2) is 10.9 Å². The van der Waals surface area contributed by atoms with E-state index in [1.54, 1.807) is 0 Å². The lowest BCUT2D eigenvalue weighted by molar-refractivity contribution is 0.319. The molecule has 2 nitrogen and oxygen atoms in total. The molecule has 2 atom stereocenters. The second kappa shape index (κ2) is 4.59. The number of alkyl halides is 1. The van der Waals surface area contributed by atoms with E-state index in [-0.39, 0.29) is 3.42 Å². The average molecular weight is 343 g/mol. The number of aryl methyl sites for hydroxylation is 1. The second-order valence-corrected chi connectivity index (χ2v) is 7.31. The minimum absolute atomic E-state index is 0.178. The topological polar surface area (TPSA) is 32.6 Å². The van der Waals surface area contributed by atoms with E-state index in [1.165, 1.54) is 17.5 Å². The highest BCUT2D eigenvalue weighted by Crippen LogP contribution is 2.46. The van der Waals surface area contributed by atoms with Crippen LogP contribution in [-0.2, 0) is 9.84 Å². The SMILES string of the molecule is C/C(=N/O)c1ccc2c(c1)C(C)(I)C(C)CC2. The van der Waals surface area contributed by atoms with Crippen LogP contribution in [0, 0.1) is 5.92 Å². The van der Waals surface area contributed by atoms with Gasteiger partial charge in [0.25, 0.3) is 0 Å². The fourth-order valence-corrected chi connectivity index (χ4v) is 3.25. The van der Waals surface area contributed by atoms with Gasteiger partial charge < -0.3 is 5.21 Å². The number of oxime groups is 1. The number of rotatable bonds is 1. The van der Waals surface area contributed by atoms with Gasteiger partial charge in [-0.15, -0.1) is 0 Å². The molecule has 1 aromatic rings. The van der Waals surface area contributed by atoms with E-state index in [0.717, 1.165) is 12.0 Å². The Hall–Kier alpha value is -0.580. The highest BCUT2D eigenvalue weighted by atomic mass is 127. The molecule has 2 rings (SSSR count). The van der Waals surface area contributed by atoms with Crippen molar-refractivity contribution >= 4 is 28.3 Å². The Balaban J connectivity index is 2.54. The molecule has 0 radical (unpaired) electrons. The summed E-state index contributed by atoms with van der Waals surface area (Å²) in [6.45, 7) is 6.44. The highest BCUT2D eigenvalue weighted by molar-refractivity contribution is 14.1. The van der Waals surface area contributed by atoms with Gasteiger partial charge in [0.15, 0.2) is 0 Å². The van der Waals surface area contributed by atoms with Gasteiger partial charge in [0.05, 0.1) is 5.71 Å². The zero-order valence-corrected chi connectivity index (χ0v) is 12.7. The van der Waals surface area contributed by atoms with Crippen LogP contribution in [0.2, 0.25) is 0 Å². The summed E-state index contributed by atoms with van der Waals surface area (Å²) in [5, 5.41) is 12.1. The molecule has 0 saturated carbocycles. The fraction of sp³-hybridized carbons (Fsp3) is 0.500. The number of nitrogens with zero attached hydrogens (tertiary/aromatic N) is 1. The maximum atomic E-state index is 8.86. The second-order valence-electron chi connectivity index (χ2n) is 5.07. The van der Waals surface area contributed by atoms with Gasteiger partial charge in [0.2, 0.25) is 0 Å². The maximum Gasteiger partial charge on any atom is 0.0837 e. The molecule has 3 heteroatoms. The molecule has 17 heavy (non-hydrogen) atoms. The molecule has 1 N–H and O–H groups in total. The number of hydrogen-bond donors (Lipinski definition) is 1. The maximum absolute atomic E-state index is 8.86. The number of fused-ring (bicyclic) bond motifs is 1. The van der Waals surface area contributed by atoms with Gasteiger partial charge in [-0.25, -0.2) is 0 Å². The first kappa shape index (κ1) is 12.9. The van der Waals surface area contributed by atoms with Crippen molar-refractivity contribution in [2.75, 3.05) is 0 Å². The first-order chi connectivity index (χ1) is 7.96. The molecule has 0 saturated heterocycles. The molecule has 0 aliphatic heterocycles. The highest BCUT2D eigenvalue weighted by Gasteiger charge is 2.35. The normalized spacial score (nSPS) is 28.9. The summed E-state index contributed by atoms with van der Waals surface area (Å²) in [6.07, 6.45) is 2.41. The summed E-state index contributed by atoms with van der Waals surface area (Å²) in [5.74, 6) is 0.678. The van der Waals surface area contributed by atoms with Crippen molar-refractivity contribution in [3.8, 4) is 0 Å². The summed E-state index contributed by atoms with van der Waals surface area (Å²) < 4.78 is 0.178. The van der Waals surface area contributed by atoms with Crippen LogP contribution in [0.3, 0.4) is 0 Å². The molecule has 1 aliphatic rings. The summed E-state index contributed by atoms with van der Waals surface area (Å²) in [4.78, 5) is 0. The van der Waals surface area contributed by atoms with Crippen molar-refractivity contribution in [3.63, 3.8) is 0 Å². The Morgan fingerprint density at radius 2 is 2.24 bits per heavy atom. The standard InChI is InChI=1S/C14H18INO/c1-9-4-5-11-6-7-12(10(2)16-17)8-13(11)14(9,3)15/h6-9,17H,4-5H2,1-3H3/b16-10-. The van der Waals surface area contributed by atoms with Crippen LogP contribution in [0.4, 0.5) is 0 Å². The smallest absolute Gasteiger partial charge is 0.0837 e. The molecule has 0 aromatic heterocycles. The lowest BCUT2D eigenvalue weighted by atomic mass is 9.76. The first-order valence-electron chi connectivity index (χ1n) is 5.98. The Morgan fingerprint density at radius 1 is 1.53 bits per heavy atom. The summed E-state index contributed by atoms with van der Waals surface area (Å²) in [6, 6.07) is 6.42. The van der Waals surface area contributed by atoms with Crippen LogP contribution in [0.5, 0.6) is 0 Å². The zero-order valence-electron chi connectivity index (χ0n) is 10.5. The van der Waals surface area contributed by atoms with Gasteiger partial charge in [-0.2, -0.15) is 0 Å². The molecule has 1 aromatic carbocycles. The number of hydrogen-bond acceptors (Lipinski definition) is 2. The largest absolute Gasteiger partial charge is 0.411 e. The molecule has 0 amide bonds. The third-order valence-electron chi connectivity index (χ3n) is 3.98. The number of benzene rings is 1. The van der Waals surface area contributed by atoms with E-state index >= 15 is 0 Å². The predicted molar refractivity (Wildman–Crippen MR) is 79.3 cm³/mol. The lowest BCUT2D eigenvalue weighted by Crippen LogP contribution is -2.29. The van der Waals surface area contributed by atoms with Crippen LogP contribution in [0.1, 0.15) is 43.9 Å². The molecule has 0 spiro atoms. The summed E-state index contributed by atoms with van der Waals surface area (Å²) in [7, 11) is 0. The van der Waals surface area contributed by atoms with Crippen LogP contribution in [0.25, 0.3) is 0 Å². The van der Waals surface area contributed by atoms with E-state index in [4.69, 9.17) is 5.21 Å². The van der Waals surface area contributed by atoms with E-state index < -0.39 is 0 Å². The van der Waals surface area contributed by atoms with Crippen molar-refractivity contribution < 1.29 is 5.21 Å². The Morgan fingerprint density at radius 3 is 2.88 bits per heavy atom. The molecule has 1 aliphatic carbocycles. The molecule has 0 bridgehead atoms. The van der Waals surface area contributed by atoms with Crippen LogP contribution < -0.4 is 0 Å². The van der Waals surface area contributed by atoms with Crippen molar-refractivity contribution in [2.45, 2.75) is 37.0 Å². The molecular weight excluding hydrogens is 325 g/mol. The predicted octanol–water partition coefficient (Wildman–Crippen LogP) is 4.12. The quantitative estimate of drug-likeness (QED) is 0.269.